The first-order chi connectivity index (χ1) is 34.8. The summed E-state index contributed by atoms with van der Waals surface area (Å²) in [6.07, 6.45) is 0. The minimum absolute atomic E-state index is 0. The molecule has 0 unspecified atom stereocenters. The van der Waals surface area contributed by atoms with Crippen LogP contribution in [-0.4, -0.2) is 7.62 Å². The molecule has 12 aromatic carbocycles. The van der Waals surface area contributed by atoms with E-state index >= 15 is 0 Å². The van der Waals surface area contributed by atoms with Crippen molar-refractivity contribution < 1.29 is 64.8 Å². The standard InChI is InChI=1S/2C13H10.4C11H11.2ClH.2Ti/c2*1-3-7-12(8-4-1)11-13-9-5-2-6-10-13;4*1-8-6-10-5-3-4-9(2)11(10)7-8;;;;/h2*1-10H;4*3-7H,1-2H3;2*1H;;/q;;4*-1;;;2*+2/p-2. The first-order valence-corrected chi connectivity index (χ1v) is 26.3. The van der Waals surface area contributed by atoms with E-state index in [1.807, 2.05) is 24.3 Å². The van der Waals surface area contributed by atoms with Crippen molar-refractivity contribution in [2.75, 3.05) is 0 Å². The molecule has 368 valence electrons. The molecular weight excluding hydrogens is 1010 g/mol. The van der Waals surface area contributed by atoms with E-state index in [0.29, 0.717) is 0 Å². The predicted molar refractivity (Wildman–Crippen MR) is 308 cm³/mol. The van der Waals surface area contributed by atoms with E-state index in [2.05, 4.69) is 314 Å². The Hall–Kier alpha value is -6.05. The minimum atomic E-state index is 0. The van der Waals surface area contributed by atoms with E-state index in [0.717, 1.165) is 0 Å². The molecule has 0 nitrogen and oxygen atoms in total. The molecule has 12 rings (SSSR count). The number of aryl methyl sites for hydroxylation is 8. The van der Waals surface area contributed by atoms with Gasteiger partial charge in [-0.25, -0.2) is 0 Å². The Morgan fingerprint density at radius 2 is 0.446 bits per heavy atom. The molecule has 0 saturated heterocycles. The number of benzene rings is 8. The van der Waals surface area contributed by atoms with E-state index in [4.69, 9.17) is 0 Å². The first-order valence-electron chi connectivity index (χ1n) is 24.7. The molecule has 0 amide bonds. The molecular formula is C70H64Cl2Ti2-2. The third kappa shape index (κ3) is 16.5. The SMILES string of the molecule is Cc1cc2c(C)cccc2[cH-]1.Cc1cc2c(C)cccc2[cH-]1.Cc1cc2c(C)cccc2[cH-]1.Cc1cc2c(C)cccc2[cH-]1.[Cl-].[Cl-].[Ti+2]=[C](c1ccccc1)c1ccccc1.[Ti+2]=[C](c1ccccc1)c1ccccc1. The Morgan fingerprint density at radius 3 is 0.622 bits per heavy atom. The predicted octanol–water partition coefficient (Wildman–Crippen LogP) is 12.3. The molecule has 0 N–H and O–H groups in total. The van der Waals surface area contributed by atoms with E-state index in [9.17, 15) is 0 Å². The average Bonchev–Trinajstić information content (AvgIpc) is 4.20. The molecule has 0 heterocycles. The van der Waals surface area contributed by atoms with Crippen molar-refractivity contribution in [3.63, 3.8) is 0 Å². The molecule has 0 fully saturated rings. The average molecular weight is 1070 g/mol. The van der Waals surface area contributed by atoms with Gasteiger partial charge in [-0.05, 0) is 27.7 Å². The van der Waals surface area contributed by atoms with Crippen LogP contribution in [0.25, 0.3) is 43.1 Å². The van der Waals surface area contributed by atoms with Crippen LogP contribution in [0.2, 0.25) is 0 Å². The first kappa shape index (κ1) is 58.8. The fraction of sp³-hybridized carbons (Fsp3) is 0.114. The zero-order chi connectivity index (χ0) is 51.0. The molecule has 0 aliphatic carbocycles. The van der Waals surface area contributed by atoms with Crippen LogP contribution in [0.5, 0.6) is 0 Å². The van der Waals surface area contributed by atoms with Crippen molar-refractivity contribution in [3.8, 4) is 0 Å². The second-order valence-electron chi connectivity index (χ2n) is 18.7. The molecule has 0 aliphatic rings. The van der Waals surface area contributed by atoms with E-state index in [1.165, 1.54) is 117 Å². The number of hydrogen-bond donors (Lipinski definition) is 0. The fourth-order valence-electron chi connectivity index (χ4n) is 8.92. The summed E-state index contributed by atoms with van der Waals surface area (Å²) in [4.78, 5) is 0. The van der Waals surface area contributed by atoms with Gasteiger partial charge >= 0.3 is 191 Å². The molecule has 0 radical (unpaired) electrons. The molecule has 0 spiro atoms. The monoisotopic (exact) mass is 1070 g/mol. The van der Waals surface area contributed by atoms with Crippen molar-refractivity contribution in [1.29, 1.82) is 0 Å². The van der Waals surface area contributed by atoms with E-state index in [-0.39, 0.29) is 24.8 Å². The molecule has 0 aliphatic heterocycles. The number of fused-ring (bicyclic) bond motifs is 4. The van der Waals surface area contributed by atoms with Gasteiger partial charge in [0, 0.05) is 0 Å². The van der Waals surface area contributed by atoms with Crippen LogP contribution in [0, 0.1) is 55.4 Å². The second kappa shape index (κ2) is 29.1. The quantitative estimate of drug-likeness (QED) is 0.122. The van der Waals surface area contributed by atoms with Crippen molar-refractivity contribution >= 4 is 50.7 Å². The van der Waals surface area contributed by atoms with Gasteiger partial charge in [0.1, 0.15) is 0 Å². The third-order valence-corrected chi connectivity index (χ3v) is 14.5. The van der Waals surface area contributed by atoms with Crippen LogP contribution < -0.4 is 24.8 Å². The van der Waals surface area contributed by atoms with Crippen molar-refractivity contribution in [3.05, 3.63) is 309 Å². The maximum atomic E-state index is 2.24. The van der Waals surface area contributed by atoms with Gasteiger partial charge in [0.25, 0.3) is 0 Å². The summed E-state index contributed by atoms with van der Waals surface area (Å²) < 4.78 is 2.65. The van der Waals surface area contributed by atoms with Crippen molar-refractivity contribution in [2.45, 2.75) is 55.4 Å². The summed E-state index contributed by atoms with van der Waals surface area (Å²) in [5, 5.41) is 11.0. The number of halogens is 2. The summed E-state index contributed by atoms with van der Waals surface area (Å²) in [7, 11) is 0. The molecule has 0 saturated carbocycles. The molecule has 4 heteroatoms. The van der Waals surface area contributed by atoms with Crippen LogP contribution in [0.15, 0.2) is 243 Å². The number of rotatable bonds is 4. The van der Waals surface area contributed by atoms with Crippen LogP contribution in [0.4, 0.5) is 0 Å². The summed E-state index contributed by atoms with van der Waals surface area (Å²) >= 11 is 4.31. The Morgan fingerprint density at radius 1 is 0.257 bits per heavy atom. The Kier molecular flexibility index (Phi) is 23.2. The van der Waals surface area contributed by atoms with E-state index < -0.39 is 0 Å². The second-order valence-corrected chi connectivity index (χ2v) is 20.2. The van der Waals surface area contributed by atoms with E-state index in [1.54, 1.807) is 0 Å². The summed E-state index contributed by atoms with van der Waals surface area (Å²) in [5.41, 5.74) is 16.1. The van der Waals surface area contributed by atoms with Gasteiger partial charge in [0.05, 0.1) is 0 Å². The summed E-state index contributed by atoms with van der Waals surface area (Å²) in [6.45, 7) is 17.2. The molecule has 0 bridgehead atoms. The normalized spacial score (nSPS) is 10.1. The maximum absolute atomic E-state index is 2.24. The van der Waals surface area contributed by atoms with Crippen molar-refractivity contribution in [2.24, 2.45) is 0 Å². The van der Waals surface area contributed by atoms with Crippen LogP contribution in [0.3, 0.4) is 0 Å². The fourth-order valence-corrected chi connectivity index (χ4v) is 9.96. The zero-order valence-electron chi connectivity index (χ0n) is 43.8. The van der Waals surface area contributed by atoms with Gasteiger partial charge in [0.15, 0.2) is 0 Å². The van der Waals surface area contributed by atoms with Gasteiger partial charge in [-0.1, -0.05) is 74.2 Å². The van der Waals surface area contributed by atoms with Gasteiger partial charge in [0.2, 0.25) is 0 Å². The van der Waals surface area contributed by atoms with Crippen LogP contribution >= 0.6 is 0 Å². The van der Waals surface area contributed by atoms with Gasteiger partial charge in [-0.2, -0.15) is 24.3 Å². The molecule has 0 atom stereocenters. The Bertz CT molecular complexity index is 3140. The third-order valence-electron chi connectivity index (χ3n) is 12.7. The van der Waals surface area contributed by atoms with Gasteiger partial charge < -0.3 is 24.8 Å². The van der Waals surface area contributed by atoms with Gasteiger partial charge in [-0.3, -0.25) is 0 Å². The summed E-state index contributed by atoms with van der Waals surface area (Å²) in [6, 6.07) is 85.4. The topological polar surface area (TPSA) is 0 Å². The number of hydrogen-bond acceptors (Lipinski definition) is 0. The Balaban J connectivity index is 0.000000164. The molecule has 74 heavy (non-hydrogen) atoms. The zero-order valence-corrected chi connectivity index (χ0v) is 48.5. The van der Waals surface area contributed by atoms with Crippen LogP contribution in [-0.2, 0) is 39.9 Å². The molecule has 12 aromatic rings. The van der Waals surface area contributed by atoms with Crippen molar-refractivity contribution in [1.82, 2.24) is 0 Å². The summed E-state index contributed by atoms with van der Waals surface area (Å²) in [5.74, 6) is 0. The van der Waals surface area contributed by atoms with Gasteiger partial charge in [-0.15, -0.1) is 138 Å². The molecule has 0 aromatic heterocycles. The Labute approximate surface area is 476 Å². The van der Waals surface area contributed by atoms with Crippen LogP contribution in [0.1, 0.15) is 66.8 Å².